The monoisotopic (exact) mass is 372 g/mol. The number of hydrogen-bond donors (Lipinski definition) is 0. The molecule has 0 unspecified atom stereocenters. The fourth-order valence-electron chi connectivity index (χ4n) is 3.42. The summed E-state index contributed by atoms with van der Waals surface area (Å²) in [7, 11) is 3.97. The van der Waals surface area contributed by atoms with Crippen molar-refractivity contribution >= 4 is 17.0 Å². The summed E-state index contributed by atoms with van der Waals surface area (Å²) in [6.07, 6.45) is 7.47. The zero-order chi connectivity index (χ0) is 19.5. The first-order chi connectivity index (χ1) is 13.7. The van der Waals surface area contributed by atoms with E-state index < -0.39 is 0 Å². The van der Waals surface area contributed by atoms with E-state index in [1.165, 1.54) is 11.1 Å². The lowest BCUT2D eigenvalue weighted by molar-refractivity contribution is 0.752. The van der Waals surface area contributed by atoms with Crippen molar-refractivity contribution in [3.63, 3.8) is 0 Å². The number of fused-ring (bicyclic) bond motifs is 1. The van der Waals surface area contributed by atoms with E-state index in [0.29, 0.717) is 5.95 Å². The summed E-state index contributed by atoms with van der Waals surface area (Å²) < 4.78 is 1.86. The van der Waals surface area contributed by atoms with Gasteiger partial charge in [-0.25, -0.2) is 9.97 Å². The van der Waals surface area contributed by atoms with Gasteiger partial charge >= 0.3 is 0 Å². The second-order valence-corrected chi connectivity index (χ2v) is 7.02. The Morgan fingerprint density at radius 1 is 1.07 bits per heavy atom. The van der Waals surface area contributed by atoms with E-state index in [1.807, 2.05) is 49.5 Å². The van der Waals surface area contributed by atoms with Crippen LogP contribution in [0.4, 0.5) is 5.95 Å². The largest absolute Gasteiger partial charge is 0.340 e. The van der Waals surface area contributed by atoms with Crippen LogP contribution in [0.25, 0.3) is 22.2 Å². The molecule has 0 radical (unpaired) electrons. The number of aromatic nitrogens is 5. The molecule has 0 aliphatic heterocycles. The van der Waals surface area contributed by atoms with Crippen LogP contribution in [0, 0.1) is 0 Å². The minimum atomic E-state index is 0.715. The average Bonchev–Trinajstić information content (AvgIpc) is 3.04. The second kappa shape index (κ2) is 7.76. The number of rotatable bonds is 6. The summed E-state index contributed by atoms with van der Waals surface area (Å²) in [4.78, 5) is 15.6. The van der Waals surface area contributed by atoms with Crippen molar-refractivity contribution in [2.45, 2.75) is 26.3 Å². The van der Waals surface area contributed by atoms with E-state index in [1.54, 1.807) is 0 Å². The second-order valence-electron chi connectivity index (χ2n) is 7.02. The zero-order valence-corrected chi connectivity index (χ0v) is 16.5. The first-order valence-corrected chi connectivity index (χ1v) is 9.55. The van der Waals surface area contributed by atoms with E-state index in [0.717, 1.165) is 41.7 Å². The molecule has 0 fully saturated rings. The summed E-state index contributed by atoms with van der Waals surface area (Å²) in [5.41, 5.74) is 6.52. The maximum absolute atomic E-state index is 4.81. The number of anilines is 1. The van der Waals surface area contributed by atoms with Crippen molar-refractivity contribution in [1.82, 2.24) is 24.7 Å². The van der Waals surface area contributed by atoms with Crippen molar-refractivity contribution in [3.05, 3.63) is 66.2 Å². The van der Waals surface area contributed by atoms with Gasteiger partial charge in [-0.2, -0.15) is 5.10 Å². The summed E-state index contributed by atoms with van der Waals surface area (Å²) in [6.45, 7) is 2.89. The fraction of sp³-hybridized carbons (Fsp3) is 0.273. The quantitative estimate of drug-likeness (QED) is 0.512. The van der Waals surface area contributed by atoms with Gasteiger partial charge in [0.2, 0.25) is 5.95 Å². The van der Waals surface area contributed by atoms with E-state index in [-0.39, 0.29) is 0 Å². The van der Waals surface area contributed by atoms with Gasteiger partial charge in [0, 0.05) is 33.0 Å². The predicted molar refractivity (Wildman–Crippen MR) is 112 cm³/mol. The first kappa shape index (κ1) is 18.1. The van der Waals surface area contributed by atoms with Gasteiger partial charge in [0.1, 0.15) is 11.0 Å². The van der Waals surface area contributed by atoms with E-state index in [9.17, 15) is 0 Å². The third-order valence-corrected chi connectivity index (χ3v) is 4.84. The van der Waals surface area contributed by atoms with Crippen LogP contribution in [0.1, 0.15) is 24.6 Å². The SMILES string of the molecule is CCCc1nn(C)c2cnc(N(C)Cc3cccc(-c4ccncc4)c3)nc12. The van der Waals surface area contributed by atoms with Gasteiger partial charge in [-0.3, -0.25) is 9.67 Å². The van der Waals surface area contributed by atoms with Crippen LogP contribution in [0.5, 0.6) is 0 Å². The fourth-order valence-corrected chi connectivity index (χ4v) is 3.42. The number of nitrogens with zero attached hydrogens (tertiary/aromatic N) is 6. The minimum absolute atomic E-state index is 0.715. The highest BCUT2D eigenvalue weighted by Gasteiger charge is 2.13. The number of hydrogen-bond acceptors (Lipinski definition) is 5. The molecule has 6 heteroatoms. The van der Waals surface area contributed by atoms with Crippen molar-refractivity contribution in [2.24, 2.45) is 7.05 Å². The van der Waals surface area contributed by atoms with Gasteiger partial charge in [0.15, 0.2) is 0 Å². The highest BCUT2D eigenvalue weighted by molar-refractivity contribution is 5.78. The van der Waals surface area contributed by atoms with E-state index in [4.69, 9.17) is 4.98 Å². The average molecular weight is 372 g/mol. The normalized spacial score (nSPS) is 11.1. The first-order valence-electron chi connectivity index (χ1n) is 9.55. The molecular weight excluding hydrogens is 348 g/mol. The molecule has 1 aromatic carbocycles. The van der Waals surface area contributed by atoms with Crippen LogP contribution in [0.15, 0.2) is 55.0 Å². The Balaban J connectivity index is 1.60. The molecule has 4 rings (SSSR count). The number of aryl methyl sites for hydroxylation is 2. The van der Waals surface area contributed by atoms with Crippen LogP contribution >= 0.6 is 0 Å². The maximum atomic E-state index is 4.81. The molecule has 0 saturated heterocycles. The lowest BCUT2D eigenvalue weighted by Gasteiger charge is -2.17. The van der Waals surface area contributed by atoms with Gasteiger partial charge < -0.3 is 4.90 Å². The van der Waals surface area contributed by atoms with Gasteiger partial charge in [0.25, 0.3) is 0 Å². The molecule has 0 bridgehead atoms. The van der Waals surface area contributed by atoms with Crippen LogP contribution in [0.3, 0.4) is 0 Å². The summed E-state index contributed by atoms with van der Waals surface area (Å²) >= 11 is 0. The molecule has 0 amide bonds. The summed E-state index contributed by atoms with van der Waals surface area (Å²) in [5.74, 6) is 0.715. The van der Waals surface area contributed by atoms with E-state index in [2.05, 4.69) is 51.2 Å². The Morgan fingerprint density at radius 2 is 1.89 bits per heavy atom. The molecule has 0 aliphatic rings. The molecule has 0 saturated carbocycles. The van der Waals surface area contributed by atoms with Crippen LogP contribution < -0.4 is 4.90 Å². The number of pyridine rings is 1. The topological polar surface area (TPSA) is 59.7 Å². The highest BCUT2D eigenvalue weighted by atomic mass is 15.3. The van der Waals surface area contributed by atoms with Crippen molar-refractivity contribution < 1.29 is 0 Å². The third-order valence-electron chi connectivity index (χ3n) is 4.84. The Kier molecular flexibility index (Phi) is 5.02. The van der Waals surface area contributed by atoms with Crippen LogP contribution in [-0.2, 0) is 20.0 Å². The molecule has 0 N–H and O–H groups in total. The molecular formula is C22H24N6. The number of benzene rings is 1. The Morgan fingerprint density at radius 3 is 2.68 bits per heavy atom. The van der Waals surface area contributed by atoms with Crippen molar-refractivity contribution in [1.29, 1.82) is 0 Å². The molecule has 0 atom stereocenters. The molecule has 142 valence electrons. The Hall–Kier alpha value is -3.28. The molecule has 28 heavy (non-hydrogen) atoms. The van der Waals surface area contributed by atoms with Gasteiger partial charge in [-0.1, -0.05) is 31.5 Å². The summed E-state index contributed by atoms with van der Waals surface area (Å²) in [5, 5.41) is 4.60. The molecule has 3 aromatic heterocycles. The maximum Gasteiger partial charge on any atom is 0.226 e. The van der Waals surface area contributed by atoms with Gasteiger partial charge in [0.05, 0.1) is 11.9 Å². The van der Waals surface area contributed by atoms with E-state index >= 15 is 0 Å². The predicted octanol–water partition coefficient (Wildman–Crippen LogP) is 4.01. The van der Waals surface area contributed by atoms with Crippen molar-refractivity contribution in [2.75, 3.05) is 11.9 Å². The lowest BCUT2D eigenvalue weighted by Crippen LogP contribution is -2.19. The summed E-state index contributed by atoms with van der Waals surface area (Å²) in [6, 6.07) is 12.6. The molecule has 4 aromatic rings. The lowest BCUT2D eigenvalue weighted by atomic mass is 10.0. The van der Waals surface area contributed by atoms with Crippen LogP contribution in [0.2, 0.25) is 0 Å². The molecule has 3 heterocycles. The highest BCUT2D eigenvalue weighted by Crippen LogP contribution is 2.22. The molecule has 0 aliphatic carbocycles. The standard InChI is InChI=1S/C22H24N6/c1-4-6-19-21-20(28(3)26-19)14-24-22(25-21)27(2)15-16-7-5-8-18(13-16)17-9-11-23-12-10-17/h5,7-14H,4,6,15H2,1-3H3. The van der Waals surface area contributed by atoms with Gasteiger partial charge in [-0.15, -0.1) is 0 Å². The molecule has 6 nitrogen and oxygen atoms in total. The third kappa shape index (κ3) is 3.58. The van der Waals surface area contributed by atoms with Crippen LogP contribution in [-0.4, -0.2) is 31.8 Å². The Bertz CT molecular complexity index is 1090. The minimum Gasteiger partial charge on any atom is -0.340 e. The van der Waals surface area contributed by atoms with Crippen molar-refractivity contribution in [3.8, 4) is 11.1 Å². The Labute approximate surface area is 164 Å². The van der Waals surface area contributed by atoms with Gasteiger partial charge in [-0.05, 0) is 41.3 Å². The molecule has 0 spiro atoms. The zero-order valence-electron chi connectivity index (χ0n) is 16.5. The smallest absolute Gasteiger partial charge is 0.226 e.